The van der Waals surface area contributed by atoms with Gasteiger partial charge in [0.2, 0.25) is 0 Å². The topological polar surface area (TPSA) is 34.9 Å². The molecule has 0 unspecified atom stereocenters. The minimum Gasteiger partial charge on any atom is -0.289 e. The smallest absolute Gasteiger partial charge is 0.188 e. The summed E-state index contributed by atoms with van der Waals surface area (Å²) in [6.07, 6.45) is 10.1. The summed E-state index contributed by atoms with van der Waals surface area (Å²) in [6, 6.07) is 0. The van der Waals surface area contributed by atoms with Crippen LogP contribution >= 0.6 is 0 Å². The second kappa shape index (κ2) is 5.37. The van der Waals surface area contributed by atoms with Crippen LogP contribution in [0.15, 0.2) is 24.5 Å². The molecule has 14 heavy (non-hydrogen) atoms. The van der Waals surface area contributed by atoms with E-state index < -0.39 is 0 Å². The number of carbonyl (C=O) groups is 1. The van der Waals surface area contributed by atoms with Crippen molar-refractivity contribution in [3.8, 4) is 0 Å². The lowest BCUT2D eigenvalue weighted by Gasteiger charge is -1.89. The number of aromatic nitrogens is 2. The zero-order valence-corrected chi connectivity index (χ0v) is 8.73. The van der Waals surface area contributed by atoms with E-state index in [1.54, 1.807) is 30.2 Å². The van der Waals surface area contributed by atoms with Crippen LogP contribution < -0.4 is 0 Å². The quantitative estimate of drug-likeness (QED) is 0.408. The lowest BCUT2D eigenvalue weighted by Crippen LogP contribution is -1.91. The molecule has 0 atom stereocenters. The Balaban J connectivity index is 2.46. The number of hydrogen-bond donors (Lipinski definition) is 0. The van der Waals surface area contributed by atoms with Gasteiger partial charge in [-0.25, -0.2) is 0 Å². The molecular weight excluding hydrogens is 176 g/mol. The summed E-state index contributed by atoms with van der Waals surface area (Å²) >= 11 is 0. The standard InChI is InChI=1S/C11H16N2O/c1-3-4-5-6-7-11(14)10-8-12-13(2)9-10/h6-9H,3-5H2,1-2H3/b7-6+. The molecule has 0 aliphatic rings. The Hall–Kier alpha value is -1.38. The maximum atomic E-state index is 11.5. The molecule has 0 aliphatic carbocycles. The molecule has 1 aromatic rings. The molecule has 0 fully saturated rings. The number of aryl methyl sites for hydroxylation is 1. The molecular formula is C11H16N2O. The van der Waals surface area contributed by atoms with Crippen LogP contribution in [0.5, 0.6) is 0 Å². The van der Waals surface area contributed by atoms with E-state index in [9.17, 15) is 4.79 Å². The molecule has 0 radical (unpaired) electrons. The first-order valence-electron chi connectivity index (χ1n) is 4.93. The summed E-state index contributed by atoms with van der Waals surface area (Å²) in [4.78, 5) is 11.5. The van der Waals surface area contributed by atoms with E-state index in [2.05, 4.69) is 12.0 Å². The molecule has 0 amide bonds. The van der Waals surface area contributed by atoms with E-state index in [0.29, 0.717) is 5.56 Å². The van der Waals surface area contributed by atoms with Gasteiger partial charge in [0.25, 0.3) is 0 Å². The first kappa shape index (κ1) is 10.7. The monoisotopic (exact) mass is 192 g/mol. The van der Waals surface area contributed by atoms with Gasteiger partial charge in [0.05, 0.1) is 11.8 Å². The van der Waals surface area contributed by atoms with Crippen LogP contribution in [0.1, 0.15) is 36.5 Å². The summed E-state index contributed by atoms with van der Waals surface area (Å²) in [5.41, 5.74) is 0.653. The third-order valence-corrected chi connectivity index (χ3v) is 1.98. The molecule has 0 spiro atoms. The third-order valence-electron chi connectivity index (χ3n) is 1.98. The van der Waals surface area contributed by atoms with E-state index >= 15 is 0 Å². The van der Waals surface area contributed by atoms with Gasteiger partial charge in [-0.1, -0.05) is 25.8 Å². The SMILES string of the molecule is CCCC/C=C/C(=O)c1cnn(C)c1. The molecule has 0 saturated heterocycles. The minimum absolute atomic E-state index is 0.0363. The summed E-state index contributed by atoms with van der Waals surface area (Å²) in [6.45, 7) is 2.14. The van der Waals surface area contributed by atoms with Crippen molar-refractivity contribution in [2.45, 2.75) is 26.2 Å². The van der Waals surface area contributed by atoms with Crippen molar-refractivity contribution in [1.82, 2.24) is 9.78 Å². The summed E-state index contributed by atoms with van der Waals surface area (Å²) in [5, 5.41) is 3.94. The van der Waals surface area contributed by atoms with Crippen molar-refractivity contribution in [2.75, 3.05) is 0 Å². The van der Waals surface area contributed by atoms with Crippen molar-refractivity contribution in [3.05, 3.63) is 30.1 Å². The van der Waals surface area contributed by atoms with Crippen molar-refractivity contribution in [1.29, 1.82) is 0 Å². The van der Waals surface area contributed by atoms with Crippen LogP contribution in [0, 0.1) is 0 Å². The van der Waals surface area contributed by atoms with Crippen LogP contribution in [-0.2, 0) is 7.05 Å². The van der Waals surface area contributed by atoms with Gasteiger partial charge in [-0.3, -0.25) is 9.48 Å². The fourth-order valence-electron chi connectivity index (χ4n) is 1.16. The average Bonchev–Trinajstić information content (AvgIpc) is 2.59. The summed E-state index contributed by atoms with van der Waals surface area (Å²) < 4.78 is 1.63. The highest BCUT2D eigenvalue weighted by molar-refractivity contribution is 6.04. The van der Waals surface area contributed by atoms with E-state index in [1.165, 1.54) is 0 Å². The molecule has 0 aliphatic heterocycles. The molecule has 1 heterocycles. The molecule has 1 aromatic heterocycles. The van der Waals surface area contributed by atoms with E-state index in [1.807, 2.05) is 6.08 Å². The summed E-state index contributed by atoms with van der Waals surface area (Å²) in [5.74, 6) is 0.0363. The van der Waals surface area contributed by atoms with Crippen LogP contribution in [0.4, 0.5) is 0 Å². The van der Waals surface area contributed by atoms with E-state index in [0.717, 1.165) is 19.3 Å². The Morgan fingerprint density at radius 1 is 1.64 bits per heavy atom. The zero-order valence-electron chi connectivity index (χ0n) is 8.73. The van der Waals surface area contributed by atoms with Crippen LogP contribution in [0.3, 0.4) is 0 Å². The third kappa shape index (κ3) is 3.17. The van der Waals surface area contributed by atoms with Gasteiger partial charge in [0, 0.05) is 13.2 Å². The maximum absolute atomic E-state index is 11.5. The lowest BCUT2D eigenvalue weighted by molar-refractivity contribution is 0.104. The van der Waals surface area contributed by atoms with Crippen molar-refractivity contribution in [2.24, 2.45) is 7.05 Å². The van der Waals surface area contributed by atoms with Crippen molar-refractivity contribution in [3.63, 3.8) is 0 Å². The first-order chi connectivity index (χ1) is 6.74. The number of ketones is 1. The highest BCUT2D eigenvalue weighted by Gasteiger charge is 2.02. The van der Waals surface area contributed by atoms with Gasteiger partial charge in [-0.05, 0) is 12.5 Å². The van der Waals surface area contributed by atoms with Crippen LogP contribution in [0.2, 0.25) is 0 Å². The Kier molecular flexibility index (Phi) is 4.11. The molecule has 0 aromatic carbocycles. The number of allylic oxidation sites excluding steroid dienone is 2. The number of hydrogen-bond acceptors (Lipinski definition) is 2. The number of nitrogens with zero attached hydrogens (tertiary/aromatic N) is 2. The molecule has 3 nitrogen and oxygen atoms in total. The molecule has 76 valence electrons. The number of carbonyl (C=O) groups excluding carboxylic acids is 1. The molecule has 1 rings (SSSR count). The van der Waals surface area contributed by atoms with Crippen LogP contribution in [-0.4, -0.2) is 15.6 Å². The van der Waals surface area contributed by atoms with Crippen LogP contribution in [0.25, 0.3) is 0 Å². The predicted molar refractivity (Wildman–Crippen MR) is 56.2 cm³/mol. The number of unbranched alkanes of at least 4 members (excludes halogenated alkanes) is 2. The Morgan fingerprint density at radius 2 is 2.43 bits per heavy atom. The highest BCUT2D eigenvalue weighted by Crippen LogP contribution is 2.01. The number of rotatable bonds is 5. The van der Waals surface area contributed by atoms with Crippen molar-refractivity contribution < 1.29 is 4.79 Å². The normalized spacial score (nSPS) is 11.0. The van der Waals surface area contributed by atoms with E-state index in [4.69, 9.17) is 0 Å². The van der Waals surface area contributed by atoms with Gasteiger partial charge in [0.1, 0.15) is 0 Å². The van der Waals surface area contributed by atoms with E-state index in [-0.39, 0.29) is 5.78 Å². The van der Waals surface area contributed by atoms with Gasteiger partial charge in [-0.15, -0.1) is 0 Å². The molecule has 0 N–H and O–H groups in total. The molecule has 0 saturated carbocycles. The maximum Gasteiger partial charge on any atom is 0.188 e. The van der Waals surface area contributed by atoms with Gasteiger partial charge < -0.3 is 0 Å². The van der Waals surface area contributed by atoms with Gasteiger partial charge >= 0.3 is 0 Å². The molecule has 0 bridgehead atoms. The minimum atomic E-state index is 0.0363. The van der Waals surface area contributed by atoms with Crippen molar-refractivity contribution >= 4 is 5.78 Å². The second-order valence-corrected chi connectivity index (χ2v) is 3.31. The lowest BCUT2D eigenvalue weighted by atomic mass is 10.2. The highest BCUT2D eigenvalue weighted by atomic mass is 16.1. The Labute approximate surface area is 84.4 Å². The second-order valence-electron chi connectivity index (χ2n) is 3.31. The first-order valence-corrected chi connectivity index (χ1v) is 4.93. The summed E-state index contributed by atoms with van der Waals surface area (Å²) in [7, 11) is 1.80. The Bertz CT molecular complexity index is 326. The fourth-order valence-corrected chi connectivity index (χ4v) is 1.16. The predicted octanol–water partition coefficient (Wildman–Crippen LogP) is 2.35. The molecule has 3 heteroatoms. The zero-order chi connectivity index (χ0) is 10.4. The Morgan fingerprint density at radius 3 is 3.00 bits per heavy atom. The average molecular weight is 192 g/mol. The largest absolute Gasteiger partial charge is 0.289 e. The van der Waals surface area contributed by atoms with Gasteiger partial charge in [-0.2, -0.15) is 5.10 Å². The fraction of sp³-hybridized carbons (Fsp3) is 0.455. The van der Waals surface area contributed by atoms with Gasteiger partial charge in [0.15, 0.2) is 5.78 Å².